The zero-order valence-corrected chi connectivity index (χ0v) is 15.9. The van der Waals surface area contributed by atoms with E-state index in [1.807, 2.05) is 61.9 Å². The van der Waals surface area contributed by atoms with E-state index in [1.165, 1.54) is 0 Å². The zero-order chi connectivity index (χ0) is 19.1. The van der Waals surface area contributed by atoms with Crippen LogP contribution in [-0.4, -0.2) is 35.6 Å². The third kappa shape index (κ3) is 2.72. The number of anilines is 2. The van der Waals surface area contributed by atoms with Crippen LogP contribution in [-0.2, 0) is 0 Å². The topological polar surface area (TPSA) is 53.7 Å². The van der Waals surface area contributed by atoms with Gasteiger partial charge in [0.1, 0.15) is 5.82 Å². The molecular weight excluding hydrogens is 370 g/mol. The van der Waals surface area contributed by atoms with Gasteiger partial charge in [-0.2, -0.15) is 0 Å². The average Bonchev–Trinajstić information content (AvgIpc) is 3.27. The minimum Gasteiger partial charge on any atom is -0.329 e. The molecule has 0 saturated heterocycles. The summed E-state index contributed by atoms with van der Waals surface area (Å²) >= 11 is 6.06. The summed E-state index contributed by atoms with van der Waals surface area (Å²) in [6, 6.07) is 15.8. The number of halogens is 1. The van der Waals surface area contributed by atoms with E-state index in [1.54, 1.807) is 6.20 Å². The molecule has 0 spiro atoms. The van der Waals surface area contributed by atoms with Gasteiger partial charge in [0, 0.05) is 58.1 Å². The summed E-state index contributed by atoms with van der Waals surface area (Å²) in [5.74, 6) is 1.57. The number of benzene rings is 2. The summed E-state index contributed by atoms with van der Waals surface area (Å²) < 4.78 is 0. The second-order valence-electron chi connectivity index (χ2n) is 6.57. The predicted octanol–water partition coefficient (Wildman–Crippen LogP) is 5.04. The van der Waals surface area contributed by atoms with Crippen molar-refractivity contribution >= 4 is 56.8 Å². The number of rotatable bonds is 3. The first-order valence-electron chi connectivity index (χ1n) is 8.95. The molecule has 2 aromatic carbocycles. The molecule has 0 saturated carbocycles. The lowest BCUT2D eigenvalue weighted by Gasteiger charge is -2.21. The molecule has 0 fully saturated rings. The van der Waals surface area contributed by atoms with Crippen molar-refractivity contribution in [2.45, 2.75) is 0 Å². The molecule has 4 aromatic rings. The van der Waals surface area contributed by atoms with Gasteiger partial charge in [-0.15, -0.1) is 0 Å². The van der Waals surface area contributed by atoms with E-state index in [2.05, 4.69) is 25.9 Å². The van der Waals surface area contributed by atoms with Crippen molar-refractivity contribution in [1.29, 1.82) is 0 Å². The highest BCUT2D eigenvalue weighted by Crippen LogP contribution is 2.35. The maximum Gasteiger partial charge on any atom is 0.156 e. The van der Waals surface area contributed by atoms with Crippen LogP contribution in [0.25, 0.3) is 21.7 Å². The van der Waals surface area contributed by atoms with Gasteiger partial charge in [-0.1, -0.05) is 23.7 Å². The molecule has 0 N–H and O–H groups in total. The molecule has 0 bridgehead atoms. The number of para-hydroxylation sites is 1. The second-order valence-corrected chi connectivity index (χ2v) is 7.01. The summed E-state index contributed by atoms with van der Waals surface area (Å²) in [6.07, 6.45) is 5.50. The smallest absolute Gasteiger partial charge is 0.156 e. The van der Waals surface area contributed by atoms with Gasteiger partial charge in [-0.05, 0) is 36.4 Å². The van der Waals surface area contributed by atoms with Crippen LogP contribution in [0.2, 0.25) is 5.02 Å². The normalized spacial score (nSPS) is 13.3. The summed E-state index contributed by atoms with van der Waals surface area (Å²) in [5.41, 5.74) is 2.81. The standard InChI is InChI=1S/C22H16ClN5/c1-28(15-7-5-14(23)6-8-15)22-17-9-10-24-13-19(17)16-3-2-4-18(20(16)27-22)21-25-11-12-26-21/h2-11,13H,12H2,1H3. The van der Waals surface area contributed by atoms with E-state index in [0.717, 1.165) is 44.6 Å². The Morgan fingerprint density at radius 3 is 2.61 bits per heavy atom. The van der Waals surface area contributed by atoms with Gasteiger partial charge in [0.05, 0.1) is 12.1 Å². The molecule has 3 heterocycles. The van der Waals surface area contributed by atoms with Crippen LogP contribution < -0.4 is 4.90 Å². The average molecular weight is 386 g/mol. The number of pyridine rings is 2. The Morgan fingerprint density at radius 2 is 1.82 bits per heavy atom. The number of hydrogen-bond acceptors (Lipinski definition) is 5. The molecule has 0 radical (unpaired) electrons. The van der Waals surface area contributed by atoms with E-state index in [4.69, 9.17) is 16.6 Å². The van der Waals surface area contributed by atoms with E-state index >= 15 is 0 Å². The van der Waals surface area contributed by atoms with Gasteiger partial charge in [0.15, 0.2) is 5.84 Å². The third-order valence-corrected chi connectivity index (χ3v) is 5.17. The largest absolute Gasteiger partial charge is 0.329 e. The number of aromatic nitrogens is 2. The van der Waals surface area contributed by atoms with Gasteiger partial charge in [0.25, 0.3) is 0 Å². The van der Waals surface area contributed by atoms with Crippen LogP contribution in [0, 0.1) is 0 Å². The highest BCUT2D eigenvalue weighted by molar-refractivity contribution is 6.30. The maximum atomic E-state index is 6.06. The fourth-order valence-electron chi connectivity index (χ4n) is 3.52. The van der Waals surface area contributed by atoms with Crippen molar-refractivity contribution in [3.63, 3.8) is 0 Å². The van der Waals surface area contributed by atoms with Crippen LogP contribution in [0.3, 0.4) is 0 Å². The molecule has 1 aliphatic rings. The highest BCUT2D eigenvalue weighted by Gasteiger charge is 2.17. The van der Waals surface area contributed by atoms with Crippen LogP contribution in [0.15, 0.2) is 70.9 Å². The Kier molecular flexibility index (Phi) is 4.02. The first-order valence-corrected chi connectivity index (χ1v) is 9.33. The number of nitrogens with zero attached hydrogens (tertiary/aromatic N) is 5. The van der Waals surface area contributed by atoms with Gasteiger partial charge in [-0.3, -0.25) is 9.98 Å². The molecule has 0 unspecified atom stereocenters. The van der Waals surface area contributed by atoms with Crippen LogP contribution in [0.5, 0.6) is 0 Å². The molecule has 0 aliphatic carbocycles. The molecular formula is C22H16ClN5. The molecule has 0 atom stereocenters. The first kappa shape index (κ1) is 16.8. The fourth-order valence-corrected chi connectivity index (χ4v) is 3.65. The van der Waals surface area contributed by atoms with Gasteiger partial charge in [-0.25, -0.2) is 9.98 Å². The van der Waals surface area contributed by atoms with Crippen molar-refractivity contribution < 1.29 is 0 Å². The monoisotopic (exact) mass is 385 g/mol. The number of hydrogen-bond donors (Lipinski definition) is 0. The Bertz CT molecular complexity index is 1260. The number of amidine groups is 1. The zero-order valence-electron chi connectivity index (χ0n) is 15.2. The Balaban J connectivity index is 1.81. The summed E-state index contributed by atoms with van der Waals surface area (Å²) in [4.78, 5) is 20.4. The SMILES string of the molecule is CN(c1ccc(Cl)cc1)c1nc2c(C3=NCC=N3)cccc2c2cnccc12. The molecule has 5 nitrogen and oxygen atoms in total. The summed E-state index contributed by atoms with van der Waals surface area (Å²) in [7, 11) is 2.01. The molecule has 28 heavy (non-hydrogen) atoms. The molecule has 5 rings (SSSR count). The number of fused-ring (bicyclic) bond motifs is 3. The predicted molar refractivity (Wildman–Crippen MR) is 116 cm³/mol. The maximum absolute atomic E-state index is 6.06. The van der Waals surface area contributed by atoms with E-state index in [9.17, 15) is 0 Å². The summed E-state index contributed by atoms with van der Waals surface area (Å²) in [6.45, 7) is 0.610. The van der Waals surface area contributed by atoms with Crippen LogP contribution in [0.4, 0.5) is 11.5 Å². The second kappa shape index (κ2) is 6.69. The first-order chi connectivity index (χ1) is 13.7. The van der Waals surface area contributed by atoms with Gasteiger partial charge in [0.2, 0.25) is 0 Å². The van der Waals surface area contributed by atoms with Crippen molar-refractivity contribution in [2.75, 3.05) is 18.5 Å². The van der Waals surface area contributed by atoms with Crippen molar-refractivity contribution in [3.8, 4) is 0 Å². The van der Waals surface area contributed by atoms with Crippen molar-refractivity contribution in [1.82, 2.24) is 9.97 Å². The van der Waals surface area contributed by atoms with E-state index in [-0.39, 0.29) is 0 Å². The lowest BCUT2D eigenvalue weighted by atomic mass is 10.0. The van der Waals surface area contributed by atoms with Crippen molar-refractivity contribution in [3.05, 3.63) is 71.5 Å². The molecule has 136 valence electrons. The lowest BCUT2D eigenvalue weighted by Crippen LogP contribution is -2.12. The minimum atomic E-state index is 0.610. The quantitative estimate of drug-likeness (QED) is 0.464. The highest BCUT2D eigenvalue weighted by atomic mass is 35.5. The van der Waals surface area contributed by atoms with E-state index in [0.29, 0.717) is 11.6 Å². The van der Waals surface area contributed by atoms with Gasteiger partial charge < -0.3 is 4.90 Å². The Labute approximate surface area is 167 Å². The molecule has 0 amide bonds. The Morgan fingerprint density at radius 1 is 0.964 bits per heavy atom. The lowest BCUT2D eigenvalue weighted by molar-refractivity contribution is 1.16. The molecule has 1 aliphatic heterocycles. The minimum absolute atomic E-state index is 0.610. The fraction of sp³-hybridized carbons (Fsp3) is 0.0909. The third-order valence-electron chi connectivity index (χ3n) is 4.91. The molecule has 2 aromatic heterocycles. The number of aliphatic imine (C=N–C) groups is 2. The molecule has 6 heteroatoms. The van der Waals surface area contributed by atoms with Crippen LogP contribution in [0.1, 0.15) is 5.56 Å². The Hall–Kier alpha value is -3.31. The van der Waals surface area contributed by atoms with E-state index < -0.39 is 0 Å². The van der Waals surface area contributed by atoms with Gasteiger partial charge >= 0.3 is 0 Å². The van der Waals surface area contributed by atoms with Crippen molar-refractivity contribution in [2.24, 2.45) is 9.98 Å². The van der Waals surface area contributed by atoms with Crippen LogP contribution >= 0.6 is 11.6 Å². The summed E-state index contributed by atoms with van der Waals surface area (Å²) in [5, 5.41) is 3.83.